The molecule has 3 aromatic rings. The van der Waals surface area contributed by atoms with Gasteiger partial charge in [-0.05, 0) is 11.5 Å². The van der Waals surface area contributed by atoms with Crippen molar-refractivity contribution in [2.45, 2.75) is 5.88 Å². The minimum atomic E-state index is 0.222. The molecule has 0 saturated heterocycles. The van der Waals surface area contributed by atoms with Crippen molar-refractivity contribution in [2.75, 3.05) is 0 Å². The van der Waals surface area contributed by atoms with Gasteiger partial charge >= 0.3 is 0 Å². The first-order chi connectivity index (χ1) is 8.38. The zero-order valence-electron chi connectivity index (χ0n) is 8.80. The molecule has 17 heavy (non-hydrogen) atoms. The lowest BCUT2D eigenvalue weighted by atomic mass is 10.1. The van der Waals surface area contributed by atoms with E-state index in [1.165, 1.54) is 0 Å². The monoisotopic (exact) mass is 245 g/mol. The van der Waals surface area contributed by atoms with Crippen LogP contribution < -0.4 is 0 Å². The first-order valence-electron chi connectivity index (χ1n) is 5.10. The minimum absolute atomic E-state index is 0.222. The fourth-order valence-electron chi connectivity index (χ4n) is 1.74. The van der Waals surface area contributed by atoms with Gasteiger partial charge in [0.1, 0.15) is 5.88 Å². The molecule has 0 atom stereocenters. The summed E-state index contributed by atoms with van der Waals surface area (Å²) in [5, 5.41) is 6.01. The number of pyridine rings is 1. The summed E-state index contributed by atoms with van der Waals surface area (Å²) >= 11 is 5.64. The Kier molecular flexibility index (Phi) is 2.49. The van der Waals surface area contributed by atoms with Gasteiger partial charge in [0.2, 0.25) is 11.7 Å². The Morgan fingerprint density at radius 1 is 1.24 bits per heavy atom. The maximum Gasteiger partial charge on any atom is 0.241 e. The molecule has 0 aliphatic carbocycles. The molecule has 0 unspecified atom stereocenters. The predicted molar refractivity (Wildman–Crippen MR) is 64.6 cm³/mol. The summed E-state index contributed by atoms with van der Waals surface area (Å²) in [4.78, 5) is 8.30. The van der Waals surface area contributed by atoms with E-state index in [-0.39, 0.29) is 5.88 Å². The van der Waals surface area contributed by atoms with E-state index in [0.29, 0.717) is 11.7 Å². The van der Waals surface area contributed by atoms with Crippen LogP contribution in [0.1, 0.15) is 5.89 Å². The Morgan fingerprint density at radius 3 is 3.00 bits per heavy atom. The maximum atomic E-state index is 5.64. The number of aromatic nitrogens is 3. The van der Waals surface area contributed by atoms with E-state index in [1.54, 1.807) is 12.4 Å². The van der Waals surface area contributed by atoms with E-state index in [4.69, 9.17) is 16.1 Å². The van der Waals surface area contributed by atoms with Crippen molar-refractivity contribution in [3.05, 3.63) is 42.5 Å². The van der Waals surface area contributed by atoms with Crippen molar-refractivity contribution in [3.8, 4) is 11.4 Å². The van der Waals surface area contributed by atoms with Gasteiger partial charge in [-0.15, -0.1) is 11.6 Å². The Morgan fingerprint density at radius 2 is 2.18 bits per heavy atom. The standard InChI is InChI=1S/C12H8ClN3O/c13-6-11-15-12(16-17-11)10-3-1-2-8-7-14-5-4-9(8)10/h1-5,7H,6H2. The third kappa shape index (κ3) is 1.76. The molecule has 0 saturated carbocycles. The van der Waals surface area contributed by atoms with Crippen LogP contribution in [0.4, 0.5) is 0 Å². The van der Waals surface area contributed by atoms with Crippen LogP contribution in [-0.2, 0) is 5.88 Å². The number of halogens is 1. The molecule has 0 aliphatic heterocycles. The Balaban J connectivity index is 2.23. The fraction of sp³-hybridized carbons (Fsp3) is 0.0833. The van der Waals surface area contributed by atoms with Crippen molar-refractivity contribution in [1.29, 1.82) is 0 Å². The summed E-state index contributed by atoms with van der Waals surface area (Å²) in [6, 6.07) is 7.82. The van der Waals surface area contributed by atoms with Gasteiger partial charge in [-0.3, -0.25) is 4.98 Å². The third-order valence-corrected chi connectivity index (χ3v) is 2.73. The molecule has 0 spiro atoms. The smallest absolute Gasteiger partial charge is 0.241 e. The van der Waals surface area contributed by atoms with Gasteiger partial charge < -0.3 is 4.52 Å². The van der Waals surface area contributed by atoms with Gasteiger partial charge in [0.25, 0.3) is 0 Å². The summed E-state index contributed by atoms with van der Waals surface area (Å²) in [7, 11) is 0. The van der Waals surface area contributed by atoms with E-state index in [9.17, 15) is 0 Å². The molecule has 0 N–H and O–H groups in total. The van der Waals surface area contributed by atoms with E-state index in [0.717, 1.165) is 16.3 Å². The topological polar surface area (TPSA) is 51.8 Å². The number of fused-ring (bicyclic) bond motifs is 1. The molecule has 0 aliphatic rings. The van der Waals surface area contributed by atoms with Crippen LogP contribution in [0.5, 0.6) is 0 Å². The second-order valence-corrected chi connectivity index (χ2v) is 3.81. The Labute approximate surface area is 102 Å². The van der Waals surface area contributed by atoms with Gasteiger partial charge in [-0.2, -0.15) is 4.98 Å². The normalized spacial score (nSPS) is 10.9. The summed E-state index contributed by atoms with van der Waals surface area (Å²) < 4.78 is 5.01. The molecule has 4 nitrogen and oxygen atoms in total. The lowest BCUT2D eigenvalue weighted by molar-refractivity contribution is 0.391. The van der Waals surface area contributed by atoms with Crippen molar-refractivity contribution < 1.29 is 4.52 Å². The Bertz CT molecular complexity index is 660. The predicted octanol–water partition coefficient (Wildman–Crippen LogP) is 3.02. The van der Waals surface area contributed by atoms with Crippen molar-refractivity contribution in [1.82, 2.24) is 15.1 Å². The molecular formula is C12H8ClN3O. The third-order valence-electron chi connectivity index (χ3n) is 2.50. The summed E-state index contributed by atoms with van der Waals surface area (Å²) in [5.41, 5.74) is 0.921. The molecule has 84 valence electrons. The summed E-state index contributed by atoms with van der Waals surface area (Å²) in [5.74, 6) is 1.20. The second-order valence-electron chi connectivity index (χ2n) is 3.55. The number of benzene rings is 1. The molecule has 0 bridgehead atoms. The van der Waals surface area contributed by atoms with Crippen LogP contribution in [0.3, 0.4) is 0 Å². The Hall–Kier alpha value is -1.94. The van der Waals surface area contributed by atoms with Gasteiger partial charge in [-0.25, -0.2) is 0 Å². The average molecular weight is 246 g/mol. The van der Waals surface area contributed by atoms with Crippen molar-refractivity contribution >= 4 is 22.4 Å². The molecule has 3 rings (SSSR count). The quantitative estimate of drug-likeness (QED) is 0.651. The molecule has 1 aromatic carbocycles. The van der Waals surface area contributed by atoms with Gasteiger partial charge in [0, 0.05) is 23.3 Å². The van der Waals surface area contributed by atoms with E-state index in [1.807, 2.05) is 24.3 Å². The molecular weight excluding hydrogens is 238 g/mol. The van der Waals surface area contributed by atoms with Crippen LogP contribution in [0.2, 0.25) is 0 Å². The fourth-order valence-corrected chi connectivity index (χ4v) is 1.84. The first kappa shape index (κ1) is 10.2. The molecule has 5 heteroatoms. The molecule has 0 fully saturated rings. The summed E-state index contributed by atoms with van der Waals surface area (Å²) in [6.45, 7) is 0. The van der Waals surface area contributed by atoms with Crippen LogP contribution in [0.25, 0.3) is 22.2 Å². The zero-order chi connectivity index (χ0) is 11.7. The highest BCUT2D eigenvalue weighted by Gasteiger charge is 2.10. The number of alkyl halides is 1. The van der Waals surface area contributed by atoms with E-state index >= 15 is 0 Å². The van der Waals surface area contributed by atoms with Gasteiger partial charge in [0.15, 0.2) is 0 Å². The number of hydrogen-bond donors (Lipinski definition) is 0. The highest BCUT2D eigenvalue weighted by atomic mass is 35.5. The van der Waals surface area contributed by atoms with E-state index < -0.39 is 0 Å². The molecule has 2 aromatic heterocycles. The second kappa shape index (κ2) is 4.14. The highest BCUT2D eigenvalue weighted by molar-refractivity contribution is 6.16. The van der Waals surface area contributed by atoms with Crippen LogP contribution in [0.15, 0.2) is 41.2 Å². The molecule has 0 amide bonds. The molecule has 2 heterocycles. The zero-order valence-corrected chi connectivity index (χ0v) is 9.55. The van der Waals surface area contributed by atoms with Crippen molar-refractivity contribution in [2.24, 2.45) is 0 Å². The lowest BCUT2D eigenvalue weighted by Gasteiger charge is -2.00. The van der Waals surface area contributed by atoms with Crippen LogP contribution >= 0.6 is 11.6 Å². The summed E-state index contributed by atoms with van der Waals surface area (Å²) in [6.07, 6.45) is 3.55. The largest absolute Gasteiger partial charge is 0.338 e. The van der Waals surface area contributed by atoms with Gasteiger partial charge in [0.05, 0.1) is 0 Å². The van der Waals surface area contributed by atoms with Crippen LogP contribution in [0, 0.1) is 0 Å². The average Bonchev–Trinajstić information content (AvgIpc) is 2.87. The lowest BCUT2D eigenvalue weighted by Crippen LogP contribution is -1.84. The minimum Gasteiger partial charge on any atom is -0.338 e. The highest BCUT2D eigenvalue weighted by Crippen LogP contribution is 2.25. The number of nitrogens with zero attached hydrogens (tertiary/aromatic N) is 3. The SMILES string of the molecule is ClCc1nc(-c2cccc3cnccc23)no1. The van der Waals surface area contributed by atoms with Gasteiger partial charge in [-0.1, -0.05) is 23.4 Å². The van der Waals surface area contributed by atoms with E-state index in [2.05, 4.69) is 15.1 Å². The van der Waals surface area contributed by atoms with Crippen LogP contribution in [-0.4, -0.2) is 15.1 Å². The molecule has 0 radical (unpaired) electrons. The number of hydrogen-bond acceptors (Lipinski definition) is 4. The first-order valence-corrected chi connectivity index (χ1v) is 5.63. The number of rotatable bonds is 2. The van der Waals surface area contributed by atoms with Crippen molar-refractivity contribution in [3.63, 3.8) is 0 Å². The maximum absolute atomic E-state index is 5.64.